The third-order valence-electron chi connectivity index (χ3n) is 6.15. The molecule has 5 rings (SSSR count). The van der Waals surface area contributed by atoms with Crippen molar-refractivity contribution in [2.45, 2.75) is 45.4 Å². The van der Waals surface area contributed by atoms with Crippen LogP contribution in [0.15, 0.2) is 36.7 Å². The van der Waals surface area contributed by atoms with E-state index in [0.717, 1.165) is 18.6 Å². The maximum absolute atomic E-state index is 4.22. The van der Waals surface area contributed by atoms with Crippen LogP contribution in [0.1, 0.15) is 55.2 Å². The predicted molar refractivity (Wildman–Crippen MR) is 114 cm³/mol. The van der Waals surface area contributed by atoms with E-state index in [1.165, 1.54) is 51.7 Å². The van der Waals surface area contributed by atoms with Crippen molar-refractivity contribution >= 4 is 16.4 Å². The van der Waals surface area contributed by atoms with Gasteiger partial charge < -0.3 is 10.3 Å². The second kappa shape index (κ2) is 6.74. The number of H-pyrrole nitrogens is 1. The van der Waals surface area contributed by atoms with Crippen molar-refractivity contribution in [2.24, 2.45) is 0 Å². The Hall–Kier alpha value is -2.66. The third-order valence-corrected chi connectivity index (χ3v) is 6.15. The molecule has 4 aromatic rings. The number of aryl methyl sites for hydroxylation is 1. The lowest BCUT2D eigenvalue weighted by Crippen LogP contribution is -2.26. The number of pyridine rings is 1. The van der Waals surface area contributed by atoms with Gasteiger partial charge in [0.1, 0.15) is 0 Å². The third kappa shape index (κ3) is 2.81. The number of aromatic amines is 1. The second-order valence-corrected chi connectivity index (χ2v) is 8.37. The summed E-state index contributed by atoms with van der Waals surface area (Å²) in [5, 5.41) is 13.1. The standard InChI is InChI=1S/C23H27N5/c1-14(2)22-19-11-17(16-6-8-24-9-7-16)4-5-20(19)26-23(22)18-10-15(3)21-12-25-27-28(21)13-18/h4-5,10-14,16,24,26H,6-9H2,1-3H3. The van der Waals surface area contributed by atoms with Crippen LogP contribution in [-0.2, 0) is 0 Å². The van der Waals surface area contributed by atoms with Crippen molar-refractivity contribution < 1.29 is 0 Å². The average Bonchev–Trinajstić information content (AvgIpc) is 3.32. The first-order valence-electron chi connectivity index (χ1n) is 10.3. The van der Waals surface area contributed by atoms with Crippen LogP contribution in [-0.4, -0.2) is 32.9 Å². The van der Waals surface area contributed by atoms with Crippen molar-refractivity contribution in [2.75, 3.05) is 13.1 Å². The molecular formula is C23H27N5. The summed E-state index contributed by atoms with van der Waals surface area (Å²) in [5.41, 5.74) is 8.69. The molecule has 0 amide bonds. The Labute approximate surface area is 165 Å². The van der Waals surface area contributed by atoms with Crippen LogP contribution in [0, 0.1) is 6.92 Å². The molecule has 0 spiro atoms. The highest BCUT2D eigenvalue weighted by atomic mass is 15.4. The van der Waals surface area contributed by atoms with E-state index in [2.05, 4.69) is 71.8 Å². The van der Waals surface area contributed by atoms with Gasteiger partial charge in [-0.15, -0.1) is 5.10 Å². The Morgan fingerprint density at radius 3 is 2.75 bits per heavy atom. The molecule has 0 unspecified atom stereocenters. The largest absolute Gasteiger partial charge is 0.354 e. The molecule has 0 aliphatic carbocycles. The number of aromatic nitrogens is 4. The first-order valence-corrected chi connectivity index (χ1v) is 10.3. The molecule has 3 aromatic heterocycles. The van der Waals surface area contributed by atoms with E-state index in [0.29, 0.717) is 11.8 Å². The lowest BCUT2D eigenvalue weighted by atomic mass is 9.88. The van der Waals surface area contributed by atoms with Gasteiger partial charge in [-0.2, -0.15) is 0 Å². The molecule has 28 heavy (non-hydrogen) atoms. The van der Waals surface area contributed by atoms with E-state index in [4.69, 9.17) is 0 Å². The molecule has 0 bridgehead atoms. The highest BCUT2D eigenvalue weighted by Crippen LogP contribution is 2.38. The summed E-state index contributed by atoms with van der Waals surface area (Å²) in [6.07, 6.45) is 6.35. The van der Waals surface area contributed by atoms with E-state index in [1.54, 1.807) is 0 Å². The van der Waals surface area contributed by atoms with Crippen molar-refractivity contribution in [3.05, 3.63) is 53.3 Å². The van der Waals surface area contributed by atoms with E-state index >= 15 is 0 Å². The van der Waals surface area contributed by atoms with E-state index in [-0.39, 0.29) is 0 Å². The number of piperidine rings is 1. The molecule has 1 aliphatic heterocycles. The molecule has 5 nitrogen and oxygen atoms in total. The zero-order chi connectivity index (χ0) is 19.3. The molecule has 1 saturated heterocycles. The molecule has 5 heteroatoms. The number of rotatable bonds is 3. The van der Waals surface area contributed by atoms with Gasteiger partial charge in [-0.3, -0.25) is 0 Å². The highest BCUT2D eigenvalue weighted by molar-refractivity contribution is 5.92. The molecule has 0 radical (unpaired) electrons. The summed E-state index contributed by atoms with van der Waals surface area (Å²) in [6.45, 7) is 8.92. The number of nitrogens with one attached hydrogen (secondary N) is 2. The molecule has 1 aromatic carbocycles. The normalized spacial score (nSPS) is 15.9. The molecule has 2 N–H and O–H groups in total. The van der Waals surface area contributed by atoms with Gasteiger partial charge in [-0.25, -0.2) is 4.52 Å². The van der Waals surface area contributed by atoms with E-state index < -0.39 is 0 Å². The quantitative estimate of drug-likeness (QED) is 0.543. The van der Waals surface area contributed by atoms with Gasteiger partial charge in [0.2, 0.25) is 0 Å². The Balaban J connectivity index is 1.68. The predicted octanol–water partition coefficient (Wildman–Crippen LogP) is 4.78. The Kier molecular flexibility index (Phi) is 4.20. The second-order valence-electron chi connectivity index (χ2n) is 8.37. The summed E-state index contributed by atoms with van der Waals surface area (Å²) in [4.78, 5) is 3.70. The smallest absolute Gasteiger partial charge is 0.0894 e. The fourth-order valence-corrected chi connectivity index (χ4v) is 4.70. The minimum Gasteiger partial charge on any atom is -0.354 e. The molecule has 4 heterocycles. The first kappa shape index (κ1) is 17.4. The Bertz CT molecular complexity index is 1140. The van der Waals surface area contributed by atoms with E-state index in [1.807, 2.05) is 10.7 Å². The molecule has 0 atom stereocenters. The van der Waals surface area contributed by atoms with Crippen LogP contribution in [0.25, 0.3) is 27.7 Å². The van der Waals surface area contributed by atoms with Crippen molar-refractivity contribution in [3.8, 4) is 11.3 Å². The monoisotopic (exact) mass is 373 g/mol. The number of benzene rings is 1. The summed E-state index contributed by atoms with van der Waals surface area (Å²) in [5.74, 6) is 1.09. The van der Waals surface area contributed by atoms with Crippen LogP contribution < -0.4 is 5.32 Å². The van der Waals surface area contributed by atoms with Gasteiger partial charge in [-0.1, -0.05) is 25.1 Å². The SMILES string of the molecule is Cc1cc(-c2[nH]c3ccc(C4CCNCC4)cc3c2C(C)C)cn2nncc12. The van der Waals surface area contributed by atoms with Crippen LogP contribution in [0.4, 0.5) is 0 Å². The lowest BCUT2D eigenvalue weighted by Gasteiger charge is -2.23. The van der Waals surface area contributed by atoms with Gasteiger partial charge in [0.15, 0.2) is 0 Å². The summed E-state index contributed by atoms with van der Waals surface area (Å²) in [6, 6.07) is 9.25. The minimum atomic E-state index is 0.429. The zero-order valence-corrected chi connectivity index (χ0v) is 16.8. The zero-order valence-electron chi connectivity index (χ0n) is 16.8. The Morgan fingerprint density at radius 2 is 1.96 bits per heavy atom. The molecular weight excluding hydrogens is 346 g/mol. The number of fused-ring (bicyclic) bond motifs is 2. The van der Waals surface area contributed by atoms with Gasteiger partial charge in [0.05, 0.1) is 17.4 Å². The van der Waals surface area contributed by atoms with Crippen molar-refractivity contribution in [1.82, 2.24) is 25.1 Å². The number of hydrogen-bond acceptors (Lipinski definition) is 3. The summed E-state index contributed by atoms with van der Waals surface area (Å²) >= 11 is 0. The van der Waals surface area contributed by atoms with Crippen molar-refractivity contribution in [1.29, 1.82) is 0 Å². The fraction of sp³-hybridized carbons (Fsp3) is 0.391. The maximum atomic E-state index is 4.22. The topological polar surface area (TPSA) is 58.0 Å². The van der Waals surface area contributed by atoms with Gasteiger partial charge >= 0.3 is 0 Å². The van der Waals surface area contributed by atoms with Gasteiger partial charge in [0.25, 0.3) is 0 Å². The van der Waals surface area contributed by atoms with Crippen LogP contribution in [0.5, 0.6) is 0 Å². The van der Waals surface area contributed by atoms with Crippen molar-refractivity contribution in [3.63, 3.8) is 0 Å². The average molecular weight is 374 g/mol. The van der Waals surface area contributed by atoms with Crippen LogP contribution in [0.3, 0.4) is 0 Å². The summed E-state index contributed by atoms with van der Waals surface area (Å²) in [7, 11) is 0. The van der Waals surface area contributed by atoms with E-state index in [9.17, 15) is 0 Å². The summed E-state index contributed by atoms with van der Waals surface area (Å²) < 4.78 is 1.88. The molecule has 144 valence electrons. The van der Waals surface area contributed by atoms with Gasteiger partial charge in [-0.05, 0) is 79.6 Å². The molecule has 1 fully saturated rings. The van der Waals surface area contributed by atoms with Gasteiger partial charge in [0, 0.05) is 22.7 Å². The molecule has 0 saturated carbocycles. The highest BCUT2D eigenvalue weighted by Gasteiger charge is 2.20. The van der Waals surface area contributed by atoms with Crippen LogP contribution in [0.2, 0.25) is 0 Å². The first-order chi connectivity index (χ1) is 13.6. The number of nitrogens with zero attached hydrogens (tertiary/aromatic N) is 3. The lowest BCUT2D eigenvalue weighted by molar-refractivity contribution is 0.460. The maximum Gasteiger partial charge on any atom is 0.0894 e. The minimum absolute atomic E-state index is 0.429. The van der Waals surface area contributed by atoms with Crippen LogP contribution >= 0.6 is 0 Å². The number of hydrogen-bond donors (Lipinski definition) is 2. The Morgan fingerprint density at radius 1 is 1.14 bits per heavy atom. The fourth-order valence-electron chi connectivity index (χ4n) is 4.70. The molecule has 1 aliphatic rings.